The van der Waals surface area contributed by atoms with Gasteiger partial charge in [0.15, 0.2) is 9.84 Å². The first-order chi connectivity index (χ1) is 11.8. The van der Waals surface area contributed by atoms with Crippen molar-refractivity contribution in [3.63, 3.8) is 0 Å². The molecule has 0 saturated carbocycles. The molecule has 25 heavy (non-hydrogen) atoms. The van der Waals surface area contributed by atoms with Crippen LogP contribution in [0.3, 0.4) is 0 Å². The molecule has 1 aromatic heterocycles. The number of benzene rings is 2. The number of nitrogens with one attached hydrogen (secondary N) is 1. The molecule has 0 spiro atoms. The molecule has 0 aliphatic carbocycles. The van der Waals surface area contributed by atoms with Gasteiger partial charge in [-0.25, -0.2) is 12.8 Å². The Kier molecular flexibility index (Phi) is 4.72. The van der Waals surface area contributed by atoms with Gasteiger partial charge in [0.1, 0.15) is 5.82 Å². The van der Waals surface area contributed by atoms with E-state index in [9.17, 15) is 12.8 Å². The van der Waals surface area contributed by atoms with Crippen LogP contribution in [0.1, 0.15) is 16.8 Å². The average molecular weight is 358 g/mol. The summed E-state index contributed by atoms with van der Waals surface area (Å²) in [5.74, 6) is -0.325. The summed E-state index contributed by atoms with van der Waals surface area (Å²) in [5, 5.41) is 4.00. The lowest BCUT2D eigenvalue weighted by Crippen LogP contribution is -2.08. The molecule has 0 aliphatic heterocycles. The molecule has 0 atom stereocenters. The average Bonchev–Trinajstić information content (AvgIpc) is 2.53. The molecule has 3 rings (SSSR count). The Morgan fingerprint density at radius 1 is 1.08 bits per heavy atom. The van der Waals surface area contributed by atoms with Gasteiger partial charge in [0.25, 0.3) is 0 Å². The SMILES string of the molecule is Cc1cc(NCc2ccccc2CS(C)(=O)=O)c2cc(F)ccc2n1. The van der Waals surface area contributed by atoms with E-state index in [2.05, 4.69) is 10.3 Å². The molecule has 0 radical (unpaired) electrons. The second-order valence-electron chi connectivity index (χ2n) is 6.17. The smallest absolute Gasteiger partial charge is 0.151 e. The van der Waals surface area contributed by atoms with Crippen molar-refractivity contribution in [3.05, 3.63) is 71.2 Å². The molecular weight excluding hydrogens is 339 g/mol. The molecule has 0 aliphatic rings. The summed E-state index contributed by atoms with van der Waals surface area (Å²) in [4.78, 5) is 4.41. The molecule has 4 nitrogen and oxygen atoms in total. The molecule has 0 amide bonds. The Morgan fingerprint density at radius 3 is 2.52 bits per heavy atom. The van der Waals surface area contributed by atoms with Gasteiger partial charge in [0.2, 0.25) is 0 Å². The lowest BCUT2D eigenvalue weighted by Gasteiger charge is -2.13. The lowest BCUT2D eigenvalue weighted by atomic mass is 10.1. The van der Waals surface area contributed by atoms with Crippen molar-refractivity contribution in [2.75, 3.05) is 11.6 Å². The third-order valence-electron chi connectivity index (χ3n) is 3.90. The first kappa shape index (κ1) is 17.4. The first-order valence-corrected chi connectivity index (χ1v) is 9.93. The first-order valence-electron chi connectivity index (χ1n) is 7.87. The molecule has 0 bridgehead atoms. The summed E-state index contributed by atoms with van der Waals surface area (Å²) in [6.07, 6.45) is 1.22. The zero-order valence-corrected chi connectivity index (χ0v) is 14.9. The molecule has 0 fully saturated rings. The molecule has 2 aromatic carbocycles. The van der Waals surface area contributed by atoms with Crippen molar-refractivity contribution >= 4 is 26.4 Å². The van der Waals surface area contributed by atoms with Crippen molar-refractivity contribution in [1.29, 1.82) is 0 Å². The minimum Gasteiger partial charge on any atom is -0.380 e. The Balaban J connectivity index is 1.92. The Labute approximate surface area is 146 Å². The quantitative estimate of drug-likeness (QED) is 0.753. The maximum absolute atomic E-state index is 13.6. The fourth-order valence-electron chi connectivity index (χ4n) is 2.82. The minimum atomic E-state index is -3.12. The number of pyridine rings is 1. The lowest BCUT2D eigenvalue weighted by molar-refractivity contribution is 0.601. The van der Waals surface area contributed by atoms with Gasteiger partial charge in [-0.15, -0.1) is 0 Å². The van der Waals surface area contributed by atoms with Crippen LogP contribution in [-0.2, 0) is 22.1 Å². The maximum atomic E-state index is 13.6. The predicted octanol–water partition coefficient (Wildman–Crippen LogP) is 3.84. The van der Waals surface area contributed by atoms with E-state index < -0.39 is 9.84 Å². The van der Waals surface area contributed by atoms with Crippen LogP contribution >= 0.6 is 0 Å². The second kappa shape index (κ2) is 6.80. The second-order valence-corrected chi connectivity index (χ2v) is 8.31. The maximum Gasteiger partial charge on any atom is 0.151 e. The molecular formula is C19H19FN2O2S. The van der Waals surface area contributed by atoms with Gasteiger partial charge < -0.3 is 5.32 Å². The van der Waals surface area contributed by atoms with E-state index in [0.717, 1.165) is 22.5 Å². The van der Waals surface area contributed by atoms with E-state index in [-0.39, 0.29) is 11.6 Å². The molecule has 1 N–H and O–H groups in total. The molecule has 0 saturated heterocycles. The van der Waals surface area contributed by atoms with Gasteiger partial charge in [0.05, 0.1) is 11.3 Å². The zero-order chi connectivity index (χ0) is 18.0. The van der Waals surface area contributed by atoms with Crippen LogP contribution in [0.2, 0.25) is 0 Å². The highest BCUT2D eigenvalue weighted by Gasteiger charge is 2.10. The van der Waals surface area contributed by atoms with Crippen LogP contribution < -0.4 is 5.32 Å². The number of sulfone groups is 1. The van der Waals surface area contributed by atoms with E-state index in [1.807, 2.05) is 37.3 Å². The van der Waals surface area contributed by atoms with Gasteiger partial charge in [-0.2, -0.15) is 0 Å². The van der Waals surface area contributed by atoms with E-state index in [1.54, 1.807) is 6.07 Å². The van der Waals surface area contributed by atoms with Gasteiger partial charge in [-0.3, -0.25) is 4.98 Å². The Bertz CT molecular complexity index is 1030. The summed E-state index contributed by atoms with van der Waals surface area (Å²) in [6.45, 7) is 2.33. The van der Waals surface area contributed by atoms with Crippen molar-refractivity contribution in [2.24, 2.45) is 0 Å². The Hall–Kier alpha value is -2.47. The number of anilines is 1. The van der Waals surface area contributed by atoms with Crippen LogP contribution in [0.5, 0.6) is 0 Å². The number of halogens is 1. The van der Waals surface area contributed by atoms with Crippen LogP contribution in [-0.4, -0.2) is 19.7 Å². The minimum absolute atomic E-state index is 0.00436. The third kappa shape index (κ3) is 4.33. The molecule has 0 unspecified atom stereocenters. The van der Waals surface area contributed by atoms with E-state index in [0.29, 0.717) is 17.4 Å². The number of aryl methyl sites for hydroxylation is 1. The van der Waals surface area contributed by atoms with Gasteiger partial charge >= 0.3 is 0 Å². The zero-order valence-electron chi connectivity index (χ0n) is 14.1. The summed E-state index contributed by atoms with van der Waals surface area (Å²) in [5.41, 5.74) is 3.97. The van der Waals surface area contributed by atoms with Crippen molar-refractivity contribution in [3.8, 4) is 0 Å². The van der Waals surface area contributed by atoms with Crippen LogP contribution in [0, 0.1) is 12.7 Å². The topological polar surface area (TPSA) is 59.1 Å². The van der Waals surface area contributed by atoms with Crippen molar-refractivity contribution < 1.29 is 12.8 Å². The summed E-state index contributed by atoms with van der Waals surface area (Å²) < 4.78 is 36.8. The van der Waals surface area contributed by atoms with E-state index in [1.165, 1.54) is 18.4 Å². The highest BCUT2D eigenvalue weighted by atomic mass is 32.2. The number of aromatic nitrogens is 1. The summed E-state index contributed by atoms with van der Waals surface area (Å²) in [6, 6.07) is 13.8. The van der Waals surface area contributed by atoms with Crippen LogP contribution in [0.15, 0.2) is 48.5 Å². The summed E-state index contributed by atoms with van der Waals surface area (Å²) in [7, 11) is -3.12. The molecule has 3 aromatic rings. The Morgan fingerprint density at radius 2 is 1.80 bits per heavy atom. The molecule has 130 valence electrons. The summed E-state index contributed by atoms with van der Waals surface area (Å²) >= 11 is 0. The number of hydrogen-bond acceptors (Lipinski definition) is 4. The number of rotatable bonds is 5. The largest absolute Gasteiger partial charge is 0.380 e. The van der Waals surface area contributed by atoms with Crippen LogP contribution in [0.4, 0.5) is 10.1 Å². The van der Waals surface area contributed by atoms with Crippen molar-refractivity contribution in [1.82, 2.24) is 4.98 Å². The standard InChI is InChI=1S/C19H19FN2O2S/c1-13-9-19(17-10-16(20)7-8-18(17)22-13)21-11-14-5-3-4-6-15(14)12-25(2,23)24/h3-10H,11-12H2,1-2H3,(H,21,22). The van der Waals surface area contributed by atoms with E-state index in [4.69, 9.17) is 0 Å². The number of nitrogens with zero attached hydrogens (tertiary/aromatic N) is 1. The van der Waals surface area contributed by atoms with E-state index >= 15 is 0 Å². The third-order valence-corrected chi connectivity index (χ3v) is 4.74. The van der Waals surface area contributed by atoms with Gasteiger partial charge in [-0.05, 0) is 42.3 Å². The monoisotopic (exact) mass is 358 g/mol. The predicted molar refractivity (Wildman–Crippen MR) is 98.8 cm³/mol. The fourth-order valence-corrected chi connectivity index (χ4v) is 3.67. The highest BCUT2D eigenvalue weighted by Crippen LogP contribution is 2.25. The van der Waals surface area contributed by atoms with Gasteiger partial charge in [0, 0.05) is 29.6 Å². The molecule has 6 heteroatoms. The fraction of sp³-hybridized carbons (Fsp3) is 0.211. The normalized spacial score (nSPS) is 11.6. The van der Waals surface area contributed by atoms with Crippen molar-refractivity contribution in [2.45, 2.75) is 19.2 Å². The number of hydrogen-bond donors (Lipinski definition) is 1. The number of fused-ring (bicyclic) bond motifs is 1. The highest BCUT2D eigenvalue weighted by molar-refractivity contribution is 7.89. The van der Waals surface area contributed by atoms with Gasteiger partial charge in [-0.1, -0.05) is 24.3 Å². The molecule has 1 heterocycles. The van der Waals surface area contributed by atoms with Crippen LogP contribution in [0.25, 0.3) is 10.9 Å².